The van der Waals surface area contributed by atoms with E-state index in [1.54, 1.807) is 25.2 Å². The third kappa shape index (κ3) is 4.33. The number of nitrogens with one attached hydrogen (secondary N) is 1. The van der Waals surface area contributed by atoms with Crippen molar-refractivity contribution in [3.63, 3.8) is 0 Å². The van der Waals surface area contributed by atoms with Gasteiger partial charge in [0.05, 0.1) is 0 Å². The van der Waals surface area contributed by atoms with Crippen LogP contribution in [0, 0.1) is 0 Å². The predicted molar refractivity (Wildman–Crippen MR) is 98.6 cm³/mol. The molecule has 1 amide bonds. The van der Waals surface area contributed by atoms with E-state index in [0.717, 1.165) is 43.0 Å². The first-order chi connectivity index (χ1) is 12.1. The molecule has 2 heterocycles. The van der Waals surface area contributed by atoms with Crippen LogP contribution in [0.3, 0.4) is 0 Å². The summed E-state index contributed by atoms with van der Waals surface area (Å²) in [7, 11) is 3.54. The number of hydrogen-bond acceptors (Lipinski definition) is 5. The molecule has 0 spiro atoms. The van der Waals surface area contributed by atoms with Crippen LogP contribution in [-0.2, 0) is 6.54 Å². The van der Waals surface area contributed by atoms with Crippen LogP contribution in [0.25, 0.3) is 0 Å². The maximum absolute atomic E-state index is 12.1. The molecule has 0 unspecified atom stereocenters. The van der Waals surface area contributed by atoms with Crippen LogP contribution in [-0.4, -0.2) is 54.2 Å². The van der Waals surface area contributed by atoms with Crippen LogP contribution in [0.1, 0.15) is 28.8 Å². The van der Waals surface area contributed by atoms with Crippen molar-refractivity contribution in [1.82, 2.24) is 20.4 Å². The number of carbonyl (C=O) groups is 1. The van der Waals surface area contributed by atoms with Gasteiger partial charge in [-0.15, -0.1) is 5.10 Å². The van der Waals surface area contributed by atoms with Crippen molar-refractivity contribution < 1.29 is 4.79 Å². The molecule has 132 valence electrons. The zero-order valence-electron chi connectivity index (χ0n) is 14.9. The van der Waals surface area contributed by atoms with Gasteiger partial charge in [0.25, 0.3) is 5.91 Å². The zero-order valence-corrected chi connectivity index (χ0v) is 14.9. The van der Waals surface area contributed by atoms with Crippen molar-refractivity contribution in [1.29, 1.82) is 0 Å². The summed E-state index contributed by atoms with van der Waals surface area (Å²) in [5.41, 5.74) is 1.85. The second-order valence-corrected chi connectivity index (χ2v) is 6.60. The highest BCUT2D eigenvalue weighted by Gasteiger charge is 2.25. The number of nitrogens with zero attached hydrogens (tertiary/aromatic N) is 4. The van der Waals surface area contributed by atoms with Gasteiger partial charge in [-0.3, -0.25) is 4.79 Å². The lowest BCUT2D eigenvalue weighted by atomic mass is 10.1. The normalized spacial score (nSPS) is 16.9. The first-order valence-corrected chi connectivity index (χ1v) is 8.71. The van der Waals surface area contributed by atoms with E-state index in [0.29, 0.717) is 6.04 Å². The minimum absolute atomic E-state index is 0.0338. The number of hydrogen-bond donors (Lipinski definition) is 1. The van der Waals surface area contributed by atoms with Crippen LogP contribution < -0.4 is 10.2 Å². The molecule has 1 fully saturated rings. The van der Waals surface area contributed by atoms with E-state index >= 15 is 0 Å². The third-order valence-electron chi connectivity index (χ3n) is 4.52. The number of amides is 1. The van der Waals surface area contributed by atoms with Crippen molar-refractivity contribution in [3.8, 4) is 0 Å². The maximum atomic E-state index is 12.1. The summed E-state index contributed by atoms with van der Waals surface area (Å²) in [5.74, 6) is 0.983. The van der Waals surface area contributed by atoms with E-state index in [4.69, 9.17) is 0 Å². The zero-order chi connectivity index (χ0) is 17.6. The lowest BCUT2D eigenvalue weighted by molar-refractivity contribution is 0.0827. The van der Waals surface area contributed by atoms with Gasteiger partial charge in [0.1, 0.15) is 0 Å². The Labute approximate surface area is 148 Å². The Morgan fingerprint density at radius 3 is 2.96 bits per heavy atom. The van der Waals surface area contributed by atoms with E-state index < -0.39 is 0 Å². The second kappa shape index (κ2) is 8.07. The number of aromatic nitrogens is 2. The van der Waals surface area contributed by atoms with Crippen molar-refractivity contribution in [3.05, 3.63) is 53.7 Å². The topological polar surface area (TPSA) is 61.4 Å². The van der Waals surface area contributed by atoms with Gasteiger partial charge < -0.3 is 15.1 Å². The van der Waals surface area contributed by atoms with Gasteiger partial charge in [-0.25, -0.2) is 0 Å². The molecule has 1 aromatic carbocycles. The lowest BCUT2D eigenvalue weighted by Crippen LogP contribution is -2.38. The molecule has 0 bridgehead atoms. The summed E-state index contributed by atoms with van der Waals surface area (Å²) in [6.45, 7) is 2.67. The Bertz CT molecular complexity index is 704. The highest BCUT2D eigenvalue weighted by molar-refractivity contribution is 5.94. The third-order valence-corrected chi connectivity index (χ3v) is 4.52. The molecule has 1 aliphatic rings. The minimum Gasteiger partial charge on any atom is -0.351 e. The van der Waals surface area contributed by atoms with E-state index in [1.807, 2.05) is 30.3 Å². The summed E-state index contributed by atoms with van der Waals surface area (Å²) < 4.78 is 0. The largest absolute Gasteiger partial charge is 0.351 e. The molecule has 25 heavy (non-hydrogen) atoms. The molecule has 1 atom stereocenters. The van der Waals surface area contributed by atoms with Gasteiger partial charge in [-0.1, -0.05) is 12.1 Å². The molecule has 1 aliphatic heterocycles. The second-order valence-electron chi connectivity index (χ2n) is 6.60. The molecule has 0 radical (unpaired) electrons. The first kappa shape index (κ1) is 17.4. The van der Waals surface area contributed by atoms with Crippen molar-refractivity contribution in [2.45, 2.75) is 25.4 Å². The average Bonchev–Trinajstić information content (AvgIpc) is 3.10. The summed E-state index contributed by atoms with van der Waals surface area (Å²) in [5, 5.41) is 11.7. The van der Waals surface area contributed by atoms with Gasteiger partial charge in [0, 0.05) is 51.5 Å². The molecular weight excluding hydrogens is 314 g/mol. The van der Waals surface area contributed by atoms with Gasteiger partial charge in [0.2, 0.25) is 0 Å². The number of rotatable bonds is 6. The smallest absolute Gasteiger partial charge is 0.253 e. The lowest BCUT2D eigenvalue weighted by Gasteiger charge is -2.25. The molecule has 0 aliphatic carbocycles. The predicted octanol–water partition coefficient (Wildman–Crippen LogP) is 1.94. The Hall–Kier alpha value is -2.47. The monoisotopic (exact) mass is 339 g/mol. The van der Waals surface area contributed by atoms with E-state index in [1.165, 1.54) is 6.42 Å². The fourth-order valence-corrected chi connectivity index (χ4v) is 3.25. The molecule has 6 nitrogen and oxygen atoms in total. The van der Waals surface area contributed by atoms with Crippen LogP contribution in [0.5, 0.6) is 0 Å². The molecule has 6 heteroatoms. The van der Waals surface area contributed by atoms with Crippen molar-refractivity contribution in [2.24, 2.45) is 0 Å². The Kier molecular flexibility index (Phi) is 5.60. The first-order valence-electron chi connectivity index (χ1n) is 8.71. The van der Waals surface area contributed by atoms with Crippen LogP contribution >= 0.6 is 0 Å². The number of benzene rings is 1. The van der Waals surface area contributed by atoms with Crippen LogP contribution in [0.15, 0.2) is 42.6 Å². The van der Waals surface area contributed by atoms with Gasteiger partial charge in [0.15, 0.2) is 5.82 Å². The Morgan fingerprint density at radius 2 is 2.20 bits per heavy atom. The summed E-state index contributed by atoms with van der Waals surface area (Å²) in [6.07, 6.45) is 4.04. The SMILES string of the molecule is CN(C)C(=O)c1cccc(CNC[C@@H]2CCCN2c2cccnn2)c1. The fraction of sp³-hybridized carbons (Fsp3) is 0.421. The van der Waals surface area contributed by atoms with Gasteiger partial charge in [-0.2, -0.15) is 5.10 Å². The number of carbonyl (C=O) groups excluding carboxylic acids is 1. The molecule has 0 saturated carbocycles. The minimum atomic E-state index is 0.0338. The van der Waals surface area contributed by atoms with E-state index in [9.17, 15) is 4.79 Å². The highest BCUT2D eigenvalue weighted by atomic mass is 16.2. The standard InChI is InChI=1S/C19H25N5O/c1-23(2)19(25)16-7-3-6-15(12-16)13-20-14-17-8-5-11-24(17)18-9-4-10-21-22-18/h3-4,6-7,9-10,12,17,20H,5,8,11,13-14H2,1-2H3/t17-/m0/s1. The Morgan fingerprint density at radius 1 is 1.32 bits per heavy atom. The molecule has 1 saturated heterocycles. The van der Waals surface area contributed by atoms with Crippen molar-refractivity contribution >= 4 is 11.7 Å². The summed E-state index contributed by atoms with van der Waals surface area (Å²) >= 11 is 0. The van der Waals surface area contributed by atoms with Crippen LogP contribution in [0.4, 0.5) is 5.82 Å². The fourth-order valence-electron chi connectivity index (χ4n) is 3.25. The molecule has 2 aromatic rings. The highest BCUT2D eigenvalue weighted by Crippen LogP contribution is 2.22. The van der Waals surface area contributed by atoms with Gasteiger partial charge >= 0.3 is 0 Å². The van der Waals surface area contributed by atoms with Crippen molar-refractivity contribution in [2.75, 3.05) is 32.1 Å². The molecule has 1 N–H and O–H groups in total. The summed E-state index contributed by atoms with van der Waals surface area (Å²) in [4.78, 5) is 16.0. The number of anilines is 1. The maximum Gasteiger partial charge on any atom is 0.253 e. The molecular formula is C19H25N5O. The quantitative estimate of drug-likeness (QED) is 0.871. The Balaban J connectivity index is 1.56. The molecule has 3 rings (SSSR count). The summed E-state index contributed by atoms with van der Waals surface area (Å²) in [6, 6.07) is 12.2. The van der Waals surface area contributed by atoms with E-state index in [-0.39, 0.29) is 5.91 Å². The molecule has 1 aromatic heterocycles. The average molecular weight is 339 g/mol. The van der Waals surface area contributed by atoms with E-state index in [2.05, 4.69) is 26.5 Å². The van der Waals surface area contributed by atoms with Gasteiger partial charge in [-0.05, 0) is 42.7 Å². The van der Waals surface area contributed by atoms with Crippen LogP contribution in [0.2, 0.25) is 0 Å².